The molecule has 0 fully saturated rings. The zero-order valence-electron chi connectivity index (χ0n) is 21.8. The van der Waals surface area contributed by atoms with Crippen LogP contribution in [0.4, 0.5) is 11.9 Å². The number of fused-ring (bicyclic) bond motifs is 1. The molecule has 1 aliphatic heterocycles. The Morgan fingerprint density at radius 1 is 1.18 bits per heavy atom. The maximum atomic E-state index is 11.7. The van der Waals surface area contributed by atoms with Crippen LogP contribution in [0, 0.1) is 0 Å². The van der Waals surface area contributed by atoms with E-state index in [-0.39, 0.29) is 17.6 Å². The Morgan fingerprint density at radius 3 is 2.74 bits per heavy atom. The fraction of sp³-hybridized carbons (Fsp3) is 0.310. The van der Waals surface area contributed by atoms with E-state index in [1.54, 1.807) is 6.08 Å². The summed E-state index contributed by atoms with van der Waals surface area (Å²) < 4.78 is 13.4. The molecule has 5 rings (SSSR count). The highest BCUT2D eigenvalue weighted by molar-refractivity contribution is 5.65. The second-order valence-electron chi connectivity index (χ2n) is 10.3. The molecule has 0 radical (unpaired) electrons. The number of ether oxygens (including phenoxy) is 2. The third-order valence-corrected chi connectivity index (χ3v) is 6.27. The number of aromatic nitrogens is 3. The Morgan fingerprint density at radius 2 is 1.97 bits per heavy atom. The molecule has 0 spiro atoms. The van der Waals surface area contributed by atoms with Crippen molar-refractivity contribution in [3.05, 3.63) is 89.2 Å². The summed E-state index contributed by atoms with van der Waals surface area (Å²) in [5.41, 5.74) is 9.62. The molecular weight excluding hydrogens is 480 g/mol. The van der Waals surface area contributed by atoms with Crippen LogP contribution in [0.25, 0.3) is 5.69 Å². The van der Waals surface area contributed by atoms with Crippen molar-refractivity contribution in [2.24, 2.45) is 0 Å². The lowest BCUT2D eigenvalue weighted by molar-refractivity contribution is 0.131. The largest absolute Gasteiger partial charge is 0.493 e. The standard InChI is InChI=1S/C29H32N6O3/c1-29(2,3)38-22-10-8-21(9-11-22)35-27(30)33-28(34-35)32-25-13-12-23(16-20(25)18-36)37-15-14-26-24-7-5-4-6-19(24)17-31-26/h4-13,16,25-26,31H,14-15,17H2,1-3H3,(H3,30,32,33,34). The summed E-state index contributed by atoms with van der Waals surface area (Å²) in [4.78, 5) is 16.0. The van der Waals surface area contributed by atoms with E-state index in [2.05, 4.69) is 45.0 Å². The molecule has 196 valence electrons. The van der Waals surface area contributed by atoms with E-state index >= 15 is 0 Å². The number of nitrogens with two attached hydrogens (primary N) is 1. The number of anilines is 2. The van der Waals surface area contributed by atoms with Crippen LogP contribution >= 0.6 is 0 Å². The van der Waals surface area contributed by atoms with E-state index in [0.717, 1.165) is 24.4 Å². The van der Waals surface area contributed by atoms with Crippen LogP contribution in [0.2, 0.25) is 0 Å². The average Bonchev–Trinajstić information content (AvgIpc) is 3.47. The van der Waals surface area contributed by atoms with Crippen molar-refractivity contribution in [2.75, 3.05) is 17.7 Å². The number of benzene rings is 2. The first kappa shape index (κ1) is 25.3. The van der Waals surface area contributed by atoms with Gasteiger partial charge < -0.3 is 25.8 Å². The normalized spacial score (nSPS) is 18.5. The zero-order valence-corrected chi connectivity index (χ0v) is 21.8. The molecule has 9 heteroatoms. The monoisotopic (exact) mass is 512 g/mol. The predicted molar refractivity (Wildman–Crippen MR) is 147 cm³/mol. The zero-order chi connectivity index (χ0) is 26.7. The number of carbonyl (C=O) groups excluding carboxylic acids is 1. The van der Waals surface area contributed by atoms with Crippen LogP contribution in [-0.2, 0) is 16.1 Å². The highest BCUT2D eigenvalue weighted by atomic mass is 16.5. The molecule has 4 N–H and O–H groups in total. The van der Waals surface area contributed by atoms with Crippen LogP contribution in [-0.4, -0.2) is 39.0 Å². The number of nitrogens with zero attached hydrogens (tertiary/aromatic N) is 3. The third-order valence-electron chi connectivity index (χ3n) is 6.27. The maximum absolute atomic E-state index is 11.7. The smallest absolute Gasteiger partial charge is 0.245 e. The van der Waals surface area contributed by atoms with E-state index in [0.29, 0.717) is 23.9 Å². The first-order valence-electron chi connectivity index (χ1n) is 12.7. The molecule has 2 aromatic carbocycles. The number of allylic oxidation sites excluding steroid dienone is 1. The number of nitrogens with one attached hydrogen (secondary N) is 2. The highest BCUT2D eigenvalue weighted by Gasteiger charge is 2.22. The molecule has 0 amide bonds. The van der Waals surface area contributed by atoms with Gasteiger partial charge in [-0.2, -0.15) is 9.67 Å². The maximum Gasteiger partial charge on any atom is 0.245 e. The van der Waals surface area contributed by atoms with E-state index < -0.39 is 6.04 Å². The summed E-state index contributed by atoms with van der Waals surface area (Å²) in [6.07, 6.45) is 6.18. The Kier molecular flexibility index (Phi) is 7.05. The lowest BCUT2D eigenvalue weighted by Crippen LogP contribution is -2.23. The van der Waals surface area contributed by atoms with Gasteiger partial charge in [-0.15, -0.1) is 5.10 Å². The molecule has 2 atom stereocenters. The summed E-state index contributed by atoms with van der Waals surface area (Å²) in [7, 11) is 0. The topological polar surface area (TPSA) is 116 Å². The van der Waals surface area contributed by atoms with Crippen molar-refractivity contribution in [3.63, 3.8) is 0 Å². The molecule has 0 bridgehead atoms. The van der Waals surface area contributed by atoms with Gasteiger partial charge in [0, 0.05) is 19.0 Å². The molecule has 1 aromatic heterocycles. The van der Waals surface area contributed by atoms with Crippen molar-refractivity contribution in [3.8, 4) is 11.4 Å². The second kappa shape index (κ2) is 10.6. The van der Waals surface area contributed by atoms with Gasteiger partial charge in [0.1, 0.15) is 23.1 Å². The summed E-state index contributed by atoms with van der Waals surface area (Å²) in [6, 6.07) is 15.7. The van der Waals surface area contributed by atoms with E-state index in [4.69, 9.17) is 15.2 Å². The van der Waals surface area contributed by atoms with Crippen molar-refractivity contribution in [2.45, 2.75) is 51.4 Å². The van der Waals surface area contributed by atoms with Crippen LogP contribution in [0.5, 0.6) is 5.75 Å². The van der Waals surface area contributed by atoms with Gasteiger partial charge in [-0.3, -0.25) is 0 Å². The van der Waals surface area contributed by atoms with Gasteiger partial charge in [0.25, 0.3) is 0 Å². The second-order valence-corrected chi connectivity index (χ2v) is 10.3. The molecule has 9 nitrogen and oxygen atoms in total. The summed E-state index contributed by atoms with van der Waals surface area (Å²) in [5, 5.41) is 11.1. The van der Waals surface area contributed by atoms with Crippen LogP contribution in [0.1, 0.15) is 44.4 Å². The van der Waals surface area contributed by atoms with Crippen molar-refractivity contribution < 1.29 is 14.3 Å². The summed E-state index contributed by atoms with van der Waals surface area (Å²) in [5.74, 6) is 3.88. The van der Waals surface area contributed by atoms with Crippen molar-refractivity contribution in [1.82, 2.24) is 20.1 Å². The summed E-state index contributed by atoms with van der Waals surface area (Å²) >= 11 is 0. The number of hydrogen-bond donors (Lipinski definition) is 3. The van der Waals surface area contributed by atoms with Gasteiger partial charge in [0.15, 0.2) is 0 Å². The van der Waals surface area contributed by atoms with Gasteiger partial charge in [0.05, 0.1) is 23.9 Å². The van der Waals surface area contributed by atoms with E-state index in [1.165, 1.54) is 15.8 Å². The van der Waals surface area contributed by atoms with Gasteiger partial charge >= 0.3 is 0 Å². The Balaban J connectivity index is 1.18. The van der Waals surface area contributed by atoms with Gasteiger partial charge in [-0.1, -0.05) is 30.3 Å². The fourth-order valence-electron chi connectivity index (χ4n) is 4.55. The van der Waals surface area contributed by atoms with Gasteiger partial charge in [0.2, 0.25) is 11.9 Å². The van der Waals surface area contributed by atoms with Crippen LogP contribution in [0.15, 0.2) is 78.1 Å². The fourth-order valence-corrected chi connectivity index (χ4v) is 4.55. The molecule has 0 saturated heterocycles. The molecule has 2 unspecified atom stereocenters. The molecule has 3 aromatic rings. The number of nitrogen functional groups attached to an aromatic ring is 1. The van der Waals surface area contributed by atoms with Crippen LogP contribution in [0.3, 0.4) is 0 Å². The van der Waals surface area contributed by atoms with E-state index in [1.807, 2.05) is 63.1 Å². The number of rotatable bonds is 8. The molecule has 0 saturated carbocycles. The van der Waals surface area contributed by atoms with Crippen LogP contribution < -0.4 is 21.1 Å². The predicted octanol–water partition coefficient (Wildman–Crippen LogP) is 4.27. The first-order valence-corrected chi connectivity index (χ1v) is 12.7. The minimum Gasteiger partial charge on any atom is -0.493 e. The van der Waals surface area contributed by atoms with Crippen molar-refractivity contribution in [1.29, 1.82) is 0 Å². The molecule has 1 aliphatic carbocycles. The SMILES string of the molecule is CC(C)(C)Oc1ccc(-n2nc(NC3C=CC(OCCC4NCc5ccccc54)=CC3=C=O)nc2N)cc1. The summed E-state index contributed by atoms with van der Waals surface area (Å²) in [6.45, 7) is 7.38. The average molecular weight is 513 g/mol. The highest BCUT2D eigenvalue weighted by Crippen LogP contribution is 2.28. The lowest BCUT2D eigenvalue weighted by atomic mass is 10.0. The molecule has 2 aliphatic rings. The van der Waals surface area contributed by atoms with Crippen molar-refractivity contribution >= 4 is 17.8 Å². The minimum absolute atomic E-state index is 0.218. The molecular formula is C29H32N6O3. The Bertz CT molecular complexity index is 1410. The Hall–Kier alpha value is -4.33. The van der Waals surface area contributed by atoms with Gasteiger partial charge in [-0.05, 0) is 68.3 Å². The first-order chi connectivity index (χ1) is 18.3. The quantitative estimate of drug-likeness (QED) is 0.383. The van der Waals surface area contributed by atoms with E-state index in [9.17, 15) is 4.79 Å². The third kappa shape index (κ3) is 5.80. The molecule has 2 heterocycles. The van der Waals surface area contributed by atoms with Gasteiger partial charge in [-0.25, -0.2) is 4.79 Å². The lowest BCUT2D eigenvalue weighted by Gasteiger charge is -2.21. The minimum atomic E-state index is -0.457. The number of hydrogen-bond acceptors (Lipinski definition) is 8. The Labute approximate surface area is 222 Å². The molecule has 38 heavy (non-hydrogen) atoms.